The van der Waals surface area contributed by atoms with Gasteiger partial charge in [-0.3, -0.25) is 0 Å². The quantitative estimate of drug-likeness (QED) is 0.558. The molecule has 1 fully saturated rings. The minimum Gasteiger partial charge on any atom is -0.380 e. The third-order valence-corrected chi connectivity index (χ3v) is 1.61. The second kappa shape index (κ2) is 3.42. The molecule has 0 bridgehead atoms. The van der Waals surface area contributed by atoms with Gasteiger partial charge in [0.15, 0.2) is 5.60 Å². The van der Waals surface area contributed by atoms with Gasteiger partial charge < -0.3 is 15.2 Å². The zero-order valence-electron chi connectivity index (χ0n) is 6.02. The molecule has 1 aliphatic rings. The largest absolute Gasteiger partial charge is 0.380 e. The number of β-amino-alcohol motifs (C(OH)–C–C–N with tert-alkyl or cyclic N) is 1. The van der Waals surface area contributed by atoms with Gasteiger partial charge in [-0.05, 0) is 0 Å². The van der Waals surface area contributed by atoms with Gasteiger partial charge in [0.05, 0.1) is 13.2 Å². The predicted octanol–water partition coefficient (Wildman–Crippen LogP) is -0.398. The van der Waals surface area contributed by atoms with Crippen LogP contribution in [0.1, 0.15) is 0 Å². The van der Waals surface area contributed by atoms with Gasteiger partial charge in [-0.15, -0.1) is 0 Å². The molecule has 66 valence electrons. The Kier molecular flexibility index (Phi) is 2.75. The number of nitrogens with one attached hydrogen (secondary N) is 1. The van der Waals surface area contributed by atoms with Crippen molar-refractivity contribution in [2.24, 2.45) is 0 Å². The molecule has 1 unspecified atom stereocenters. The van der Waals surface area contributed by atoms with Gasteiger partial charge in [-0.2, -0.15) is 0 Å². The molecule has 0 spiro atoms. The number of alkyl halides is 2. The van der Waals surface area contributed by atoms with E-state index in [0.29, 0.717) is 13.2 Å². The highest BCUT2D eigenvalue weighted by Crippen LogP contribution is 2.16. The van der Waals surface area contributed by atoms with E-state index < -0.39 is 12.0 Å². The minimum atomic E-state index is -2.76. The Bertz CT molecular complexity index is 124. The summed E-state index contributed by atoms with van der Waals surface area (Å²) in [6.07, 6.45) is -2.76. The smallest absolute Gasteiger partial charge is 0.270 e. The molecule has 0 amide bonds. The first-order chi connectivity index (χ1) is 5.15. The molecule has 1 heterocycles. The maximum atomic E-state index is 12.1. The van der Waals surface area contributed by atoms with E-state index in [9.17, 15) is 13.9 Å². The number of rotatable bonds is 1. The molecule has 11 heavy (non-hydrogen) atoms. The van der Waals surface area contributed by atoms with E-state index in [0.717, 1.165) is 0 Å². The van der Waals surface area contributed by atoms with Crippen LogP contribution in [0.3, 0.4) is 0 Å². The first-order valence-electron chi connectivity index (χ1n) is 3.44. The van der Waals surface area contributed by atoms with Crippen LogP contribution in [0, 0.1) is 0 Å². The number of aliphatic hydroxyl groups is 1. The molecule has 1 aliphatic heterocycles. The van der Waals surface area contributed by atoms with Gasteiger partial charge in [0, 0.05) is 13.1 Å². The van der Waals surface area contributed by atoms with Crippen molar-refractivity contribution in [3.05, 3.63) is 0 Å². The lowest BCUT2D eigenvalue weighted by molar-refractivity contribution is -0.124. The maximum Gasteiger partial charge on any atom is 0.270 e. The van der Waals surface area contributed by atoms with Crippen molar-refractivity contribution in [1.82, 2.24) is 5.32 Å². The fourth-order valence-electron chi connectivity index (χ4n) is 0.889. The molecule has 2 N–H and O–H groups in total. The number of halogens is 2. The van der Waals surface area contributed by atoms with Gasteiger partial charge in [-0.1, -0.05) is 0 Å². The highest BCUT2D eigenvalue weighted by molar-refractivity contribution is 4.85. The standard InChI is InChI=1S/C6H11F2NO2/c7-5(8)6(10)3-9-1-2-11-4-6/h5,9-10H,1-4H2. The van der Waals surface area contributed by atoms with Crippen LogP contribution in [-0.4, -0.2) is 43.4 Å². The Morgan fingerprint density at radius 3 is 2.91 bits per heavy atom. The maximum absolute atomic E-state index is 12.1. The van der Waals surface area contributed by atoms with Crippen LogP contribution in [0.4, 0.5) is 8.78 Å². The van der Waals surface area contributed by atoms with E-state index in [1.165, 1.54) is 0 Å². The van der Waals surface area contributed by atoms with Crippen LogP contribution in [0.25, 0.3) is 0 Å². The van der Waals surface area contributed by atoms with Crippen molar-refractivity contribution in [1.29, 1.82) is 0 Å². The third-order valence-electron chi connectivity index (χ3n) is 1.61. The number of hydrogen-bond acceptors (Lipinski definition) is 3. The van der Waals surface area contributed by atoms with Crippen LogP contribution in [-0.2, 0) is 4.74 Å². The molecule has 1 saturated heterocycles. The van der Waals surface area contributed by atoms with Crippen molar-refractivity contribution < 1.29 is 18.6 Å². The summed E-state index contributed by atoms with van der Waals surface area (Å²) >= 11 is 0. The molecule has 0 aromatic heterocycles. The first-order valence-corrected chi connectivity index (χ1v) is 3.44. The fraction of sp³-hybridized carbons (Fsp3) is 1.00. The van der Waals surface area contributed by atoms with E-state index in [4.69, 9.17) is 4.74 Å². The summed E-state index contributed by atoms with van der Waals surface area (Å²) in [6, 6.07) is 0. The average molecular weight is 167 g/mol. The van der Waals surface area contributed by atoms with E-state index in [-0.39, 0.29) is 13.2 Å². The molecular formula is C6H11F2NO2. The highest BCUT2D eigenvalue weighted by atomic mass is 19.3. The Hall–Kier alpha value is -0.260. The highest BCUT2D eigenvalue weighted by Gasteiger charge is 2.38. The molecule has 0 aliphatic carbocycles. The number of ether oxygens (including phenoxy) is 1. The van der Waals surface area contributed by atoms with Gasteiger partial charge in [0.2, 0.25) is 0 Å². The van der Waals surface area contributed by atoms with Crippen LogP contribution in [0.5, 0.6) is 0 Å². The molecule has 0 saturated carbocycles. The zero-order chi connectivity index (χ0) is 8.32. The molecular weight excluding hydrogens is 156 g/mol. The fourth-order valence-corrected chi connectivity index (χ4v) is 0.889. The summed E-state index contributed by atoms with van der Waals surface area (Å²) in [4.78, 5) is 0. The lowest BCUT2D eigenvalue weighted by Gasteiger charge is -2.24. The van der Waals surface area contributed by atoms with Crippen molar-refractivity contribution in [3.8, 4) is 0 Å². The topological polar surface area (TPSA) is 41.5 Å². The Labute approximate surface area is 63.3 Å². The van der Waals surface area contributed by atoms with Crippen LogP contribution < -0.4 is 5.32 Å². The normalized spacial score (nSPS) is 33.8. The lowest BCUT2D eigenvalue weighted by atomic mass is 10.1. The Balaban J connectivity index is 2.52. The minimum absolute atomic E-state index is 0.106. The summed E-state index contributed by atoms with van der Waals surface area (Å²) in [5, 5.41) is 11.9. The van der Waals surface area contributed by atoms with E-state index in [2.05, 4.69) is 5.32 Å². The van der Waals surface area contributed by atoms with E-state index in [1.807, 2.05) is 0 Å². The van der Waals surface area contributed by atoms with Gasteiger partial charge in [0.25, 0.3) is 6.43 Å². The van der Waals surface area contributed by atoms with Crippen molar-refractivity contribution in [3.63, 3.8) is 0 Å². The lowest BCUT2D eigenvalue weighted by Crippen LogP contribution is -2.48. The second-order valence-electron chi connectivity index (χ2n) is 2.63. The predicted molar refractivity (Wildman–Crippen MR) is 34.6 cm³/mol. The summed E-state index contributed by atoms with van der Waals surface area (Å²) in [7, 11) is 0. The Morgan fingerprint density at radius 2 is 2.27 bits per heavy atom. The van der Waals surface area contributed by atoms with E-state index in [1.54, 1.807) is 0 Å². The SMILES string of the molecule is OC1(C(F)F)CNCCOC1. The summed E-state index contributed by atoms with van der Waals surface area (Å²) in [5.41, 5.74) is -2.00. The molecule has 0 aromatic carbocycles. The van der Waals surface area contributed by atoms with Crippen molar-refractivity contribution >= 4 is 0 Å². The summed E-state index contributed by atoms with van der Waals surface area (Å²) in [6.45, 7) is 0.479. The monoisotopic (exact) mass is 167 g/mol. The van der Waals surface area contributed by atoms with Crippen LogP contribution in [0.15, 0.2) is 0 Å². The zero-order valence-corrected chi connectivity index (χ0v) is 6.02. The molecule has 1 atom stereocenters. The van der Waals surface area contributed by atoms with Crippen molar-refractivity contribution in [2.45, 2.75) is 12.0 Å². The molecule has 3 nitrogen and oxygen atoms in total. The van der Waals surface area contributed by atoms with E-state index >= 15 is 0 Å². The Morgan fingerprint density at radius 1 is 1.55 bits per heavy atom. The first kappa shape index (κ1) is 8.83. The second-order valence-corrected chi connectivity index (χ2v) is 2.63. The molecule has 5 heteroatoms. The molecule has 0 radical (unpaired) electrons. The van der Waals surface area contributed by atoms with Crippen LogP contribution in [0.2, 0.25) is 0 Å². The summed E-state index contributed by atoms with van der Waals surface area (Å²) < 4.78 is 29.0. The third kappa shape index (κ3) is 2.08. The van der Waals surface area contributed by atoms with Gasteiger partial charge in [-0.25, -0.2) is 8.78 Å². The molecule has 1 rings (SSSR count). The van der Waals surface area contributed by atoms with Crippen molar-refractivity contribution in [2.75, 3.05) is 26.3 Å². The number of hydrogen-bond donors (Lipinski definition) is 2. The molecule has 0 aromatic rings. The average Bonchev–Trinajstić information content (AvgIpc) is 2.15. The summed E-state index contributed by atoms with van der Waals surface area (Å²) in [5.74, 6) is 0. The van der Waals surface area contributed by atoms with Crippen LogP contribution >= 0.6 is 0 Å². The van der Waals surface area contributed by atoms with Gasteiger partial charge in [0.1, 0.15) is 0 Å². The van der Waals surface area contributed by atoms with Gasteiger partial charge >= 0.3 is 0 Å².